The number of rotatable bonds is 1. The van der Waals surface area contributed by atoms with Crippen LogP contribution in [0, 0.1) is 5.82 Å². The fourth-order valence-corrected chi connectivity index (χ4v) is 2.76. The lowest BCUT2D eigenvalue weighted by atomic mass is 9.93. The summed E-state index contributed by atoms with van der Waals surface area (Å²) in [7, 11) is 0. The van der Waals surface area contributed by atoms with E-state index < -0.39 is 6.10 Å². The van der Waals surface area contributed by atoms with Crippen molar-refractivity contribution in [2.24, 2.45) is 0 Å². The van der Waals surface area contributed by atoms with Gasteiger partial charge in [-0.05, 0) is 42.0 Å². The van der Waals surface area contributed by atoms with E-state index in [9.17, 15) is 9.50 Å². The van der Waals surface area contributed by atoms with Gasteiger partial charge in [0.15, 0.2) is 0 Å². The number of hydrogen-bond donors (Lipinski definition) is 1. The summed E-state index contributed by atoms with van der Waals surface area (Å²) in [6.07, 6.45) is 3.69. The second kappa shape index (κ2) is 4.24. The van der Waals surface area contributed by atoms with Crippen LogP contribution in [0.5, 0.6) is 0 Å². The molecule has 0 amide bonds. The third-order valence-electron chi connectivity index (χ3n) is 3.61. The van der Waals surface area contributed by atoms with Crippen molar-refractivity contribution in [3.8, 4) is 0 Å². The lowest BCUT2D eigenvalue weighted by Gasteiger charge is -2.17. The molecule has 2 aliphatic rings. The molecule has 1 aromatic rings. The lowest BCUT2D eigenvalue weighted by molar-refractivity contribution is 0.161. The number of hydrogen-bond acceptors (Lipinski definition) is 2. The molecule has 0 aromatic heterocycles. The first-order chi connectivity index (χ1) is 8.27. The van der Waals surface area contributed by atoms with Gasteiger partial charge in [-0.25, -0.2) is 4.39 Å². The highest BCUT2D eigenvalue weighted by molar-refractivity contribution is 5.70. The molecule has 1 aromatic carbocycles. The molecule has 0 saturated carbocycles. The summed E-state index contributed by atoms with van der Waals surface area (Å²) in [5, 5.41) is 9.80. The van der Waals surface area contributed by atoms with Crippen molar-refractivity contribution in [1.82, 2.24) is 0 Å². The zero-order valence-electron chi connectivity index (χ0n) is 9.58. The van der Waals surface area contributed by atoms with E-state index >= 15 is 0 Å². The van der Waals surface area contributed by atoms with E-state index in [4.69, 9.17) is 4.74 Å². The minimum Gasteiger partial charge on any atom is -0.388 e. The predicted octanol–water partition coefficient (Wildman–Crippen LogP) is 2.61. The molecule has 17 heavy (non-hydrogen) atoms. The van der Waals surface area contributed by atoms with Gasteiger partial charge in [0.05, 0.1) is 19.3 Å². The Morgan fingerprint density at radius 1 is 1.29 bits per heavy atom. The van der Waals surface area contributed by atoms with Crippen molar-refractivity contribution >= 4 is 5.57 Å². The van der Waals surface area contributed by atoms with E-state index in [1.54, 1.807) is 0 Å². The maximum atomic E-state index is 13.7. The molecule has 90 valence electrons. The molecule has 0 spiro atoms. The Morgan fingerprint density at radius 3 is 2.94 bits per heavy atom. The Morgan fingerprint density at radius 2 is 2.18 bits per heavy atom. The van der Waals surface area contributed by atoms with Gasteiger partial charge in [0, 0.05) is 5.56 Å². The van der Waals surface area contributed by atoms with Crippen LogP contribution in [0.1, 0.15) is 35.6 Å². The summed E-state index contributed by atoms with van der Waals surface area (Å²) < 4.78 is 19.0. The number of aliphatic hydroxyl groups excluding tert-OH is 1. The summed E-state index contributed by atoms with van der Waals surface area (Å²) in [6, 6.07) is 3.31. The first-order valence-electron chi connectivity index (χ1n) is 6.04. The standard InChI is InChI=1S/C14H15FO2/c15-12-3-1-10(9-5-7-17-8-6-9)11-2-4-13(16)14(11)12/h1,3,5,13,16H,2,4,6-8H2/t13-/m0/s1. The maximum Gasteiger partial charge on any atom is 0.129 e. The highest BCUT2D eigenvalue weighted by atomic mass is 19.1. The first kappa shape index (κ1) is 10.9. The molecular formula is C14H15FO2. The molecule has 0 saturated heterocycles. The molecule has 2 nitrogen and oxygen atoms in total. The highest BCUT2D eigenvalue weighted by Crippen LogP contribution is 2.38. The second-order valence-corrected chi connectivity index (χ2v) is 4.60. The van der Waals surface area contributed by atoms with E-state index in [2.05, 4.69) is 6.08 Å². The first-order valence-corrected chi connectivity index (χ1v) is 6.04. The van der Waals surface area contributed by atoms with Gasteiger partial charge in [0.1, 0.15) is 5.82 Å². The van der Waals surface area contributed by atoms with Crippen LogP contribution in [0.25, 0.3) is 5.57 Å². The van der Waals surface area contributed by atoms with Crippen molar-refractivity contribution in [2.45, 2.75) is 25.4 Å². The Balaban J connectivity index is 2.10. The van der Waals surface area contributed by atoms with E-state index in [1.165, 1.54) is 11.6 Å². The Bertz CT molecular complexity index is 479. The molecule has 1 heterocycles. The van der Waals surface area contributed by atoms with Crippen molar-refractivity contribution < 1.29 is 14.2 Å². The summed E-state index contributed by atoms with van der Waals surface area (Å²) in [5.74, 6) is -0.276. The molecule has 0 bridgehead atoms. The Hall–Kier alpha value is -1.19. The zero-order chi connectivity index (χ0) is 11.8. The smallest absolute Gasteiger partial charge is 0.129 e. The molecule has 3 rings (SSSR count). The maximum absolute atomic E-state index is 13.7. The molecule has 0 unspecified atom stereocenters. The second-order valence-electron chi connectivity index (χ2n) is 4.60. The monoisotopic (exact) mass is 234 g/mol. The van der Waals surface area contributed by atoms with Crippen LogP contribution in [0.15, 0.2) is 18.2 Å². The van der Waals surface area contributed by atoms with Gasteiger partial charge in [-0.15, -0.1) is 0 Å². The van der Waals surface area contributed by atoms with Crippen LogP contribution in [0.4, 0.5) is 4.39 Å². The van der Waals surface area contributed by atoms with Crippen LogP contribution in [-0.4, -0.2) is 18.3 Å². The number of aliphatic hydroxyl groups is 1. The molecule has 1 atom stereocenters. The van der Waals surface area contributed by atoms with Crippen molar-refractivity contribution in [1.29, 1.82) is 0 Å². The van der Waals surface area contributed by atoms with Gasteiger partial charge < -0.3 is 9.84 Å². The van der Waals surface area contributed by atoms with Gasteiger partial charge in [-0.2, -0.15) is 0 Å². The van der Waals surface area contributed by atoms with Crippen LogP contribution >= 0.6 is 0 Å². The van der Waals surface area contributed by atoms with Crippen molar-refractivity contribution in [3.05, 3.63) is 40.7 Å². The Kier molecular flexibility index (Phi) is 2.73. The third-order valence-corrected chi connectivity index (χ3v) is 3.61. The topological polar surface area (TPSA) is 29.5 Å². The van der Waals surface area contributed by atoms with Crippen LogP contribution in [0.3, 0.4) is 0 Å². The van der Waals surface area contributed by atoms with Crippen LogP contribution < -0.4 is 0 Å². The van der Waals surface area contributed by atoms with Gasteiger partial charge in [-0.3, -0.25) is 0 Å². The summed E-state index contributed by atoms with van der Waals surface area (Å²) in [6.45, 7) is 1.35. The average molecular weight is 234 g/mol. The summed E-state index contributed by atoms with van der Waals surface area (Å²) in [4.78, 5) is 0. The Labute approximate surface area is 99.7 Å². The molecule has 1 aliphatic carbocycles. The SMILES string of the molecule is O[C@H]1CCc2c(C3=CCOCC3)ccc(F)c21. The van der Waals surface area contributed by atoms with Crippen molar-refractivity contribution in [2.75, 3.05) is 13.2 Å². The highest BCUT2D eigenvalue weighted by Gasteiger charge is 2.27. The van der Waals surface area contributed by atoms with Crippen LogP contribution in [0.2, 0.25) is 0 Å². The molecular weight excluding hydrogens is 219 g/mol. The van der Waals surface area contributed by atoms with Gasteiger partial charge in [-0.1, -0.05) is 12.1 Å². The predicted molar refractivity (Wildman–Crippen MR) is 63.1 cm³/mol. The van der Waals surface area contributed by atoms with Gasteiger partial charge in [0.25, 0.3) is 0 Å². The van der Waals surface area contributed by atoms with Gasteiger partial charge in [0.2, 0.25) is 0 Å². The number of ether oxygens (including phenoxy) is 1. The molecule has 0 radical (unpaired) electrons. The molecule has 0 fully saturated rings. The van der Waals surface area contributed by atoms with Crippen molar-refractivity contribution in [3.63, 3.8) is 0 Å². The molecule has 1 aliphatic heterocycles. The summed E-state index contributed by atoms with van der Waals surface area (Å²) >= 11 is 0. The van der Waals surface area contributed by atoms with E-state index in [1.807, 2.05) is 6.07 Å². The quantitative estimate of drug-likeness (QED) is 0.809. The van der Waals surface area contributed by atoms with E-state index in [0.717, 1.165) is 30.6 Å². The minimum absolute atomic E-state index is 0.276. The number of halogens is 1. The summed E-state index contributed by atoms with van der Waals surface area (Å²) in [5.41, 5.74) is 3.82. The van der Waals surface area contributed by atoms with Crippen LogP contribution in [-0.2, 0) is 11.2 Å². The van der Waals surface area contributed by atoms with E-state index in [-0.39, 0.29) is 5.82 Å². The minimum atomic E-state index is -0.634. The average Bonchev–Trinajstić information content (AvgIpc) is 2.74. The fourth-order valence-electron chi connectivity index (χ4n) is 2.76. The number of benzene rings is 1. The molecule has 1 N–H and O–H groups in total. The molecule has 3 heteroatoms. The van der Waals surface area contributed by atoms with E-state index in [0.29, 0.717) is 18.6 Å². The lowest BCUT2D eigenvalue weighted by Crippen LogP contribution is -2.06. The number of fused-ring (bicyclic) bond motifs is 1. The fraction of sp³-hybridized carbons (Fsp3) is 0.429. The zero-order valence-corrected chi connectivity index (χ0v) is 9.58. The largest absolute Gasteiger partial charge is 0.388 e. The normalized spacial score (nSPS) is 23.4. The van der Waals surface area contributed by atoms with Gasteiger partial charge >= 0.3 is 0 Å². The third kappa shape index (κ3) is 1.79.